The molecule has 4 nitrogen and oxygen atoms in total. The van der Waals surface area contributed by atoms with Crippen LogP contribution in [-0.2, 0) is 16.8 Å². The Labute approximate surface area is 253 Å². The van der Waals surface area contributed by atoms with Crippen molar-refractivity contribution in [3.8, 4) is 16.9 Å². The van der Waals surface area contributed by atoms with Gasteiger partial charge in [-0.05, 0) is 132 Å². The highest BCUT2D eigenvalue weighted by molar-refractivity contribution is 6.04. The molecule has 4 aliphatic carbocycles. The Kier molecular flexibility index (Phi) is 7.17. The highest BCUT2D eigenvalue weighted by atomic mass is 16.5. The van der Waals surface area contributed by atoms with Gasteiger partial charge in [-0.2, -0.15) is 0 Å². The standard InChI is InChI=1S/C39H38O4/c1-3-4-36(40)29-7-5-25(6-8-29)24-43-38(41)34-12-11-30-18-31(9-10-32(30)19-34)33-13-14-37(42-2)35(20-33)39-21-26-15-27(22-39)17-28(16-26)23-39/h3-14,18-20,26-28H,15-17,21-24H2,1-2H3/b4-3-. The van der Waals surface area contributed by atoms with Crippen LogP contribution < -0.4 is 4.74 Å². The first-order valence-electron chi connectivity index (χ1n) is 15.6. The van der Waals surface area contributed by atoms with E-state index in [4.69, 9.17) is 9.47 Å². The Morgan fingerprint density at radius 3 is 2.05 bits per heavy atom. The summed E-state index contributed by atoms with van der Waals surface area (Å²) in [6.07, 6.45) is 11.4. The van der Waals surface area contributed by atoms with Crippen molar-refractivity contribution in [2.75, 3.05) is 7.11 Å². The van der Waals surface area contributed by atoms with E-state index in [1.807, 2.05) is 44.4 Å². The molecule has 0 heterocycles. The molecule has 4 aromatic rings. The molecule has 4 heteroatoms. The summed E-state index contributed by atoms with van der Waals surface area (Å²) in [5.41, 5.74) is 6.03. The maximum atomic E-state index is 12.9. The first-order valence-corrected chi connectivity index (χ1v) is 15.6. The van der Waals surface area contributed by atoms with Crippen LogP contribution >= 0.6 is 0 Å². The van der Waals surface area contributed by atoms with Crippen LogP contribution in [0.1, 0.15) is 77.3 Å². The summed E-state index contributed by atoms with van der Waals surface area (Å²) in [7, 11) is 1.81. The fraction of sp³-hybridized carbons (Fsp3) is 0.333. The Bertz CT molecular complexity index is 1690. The van der Waals surface area contributed by atoms with Crippen LogP contribution in [0.2, 0.25) is 0 Å². The lowest BCUT2D eigenvalue weighted by atomic mass is 9.48. The molecule has 4 fully saturated rings. The van der Waals surface area contributed by atoms with E-state index < -0.39 is 0 Å². The Morgan fingerprint density at radius 2 is 1.37 bits per heavy atom. The van der Waals surface area contributed by atoms with E-state index in [1.165, 1.54) is 61.3 Å². The monoisotopic (exact) mass is 570 g/mol. The SMILES string of the molecule is C/C=C\C(=O)c1ccc(COC(=O)c2ccc3cc(-c4ccc(OC)c(C56CC7CC(CC(C7)C5)C6)c4)ccc3c2)cc1. The maximum absolute atomic E-state index is 12.9. The van der Waals surface area contributed by atoms with Crippen LogP contribution in [0.4, 0.5) is 0 Å². The van der Waals surface area contributed by atoms with Crippen molar-refractivity contribution in [2.45, 2.75) is 57.5 Å². The number of ether oxygens (including phenoxy) is 2. The van der Waals surface area contributed by atoms with E-state index in [9.17, 15) is 9.59 Å². The Balaban J connectivity index is 1.09. The van der Waals surface area contributed by atoms with Gasteiger partial charge in [0.15, 0.2) is 5.78 Å². The van der Waals surface area contributed by atoms with Crippen molar-refractivity contribution in [1.29, 1.82) is 0 Å². The number of fused-ring (bicyclic) bond motifs is 1. The molecule has 0 amide bonds. The largest absolute Gasteiger partial charge is 0.496 e. The Morgan fingerprint density at radius 1 is 0.767 bits per heavy atom. The smallest absolute Gasteiger partial charge is 0.338 e. The second-order valence-electron chi connectivity index (χ2n) is 13.0. The third kappa shape index (κ3) is 5.29. The van der Waals surface area contributed by atoms with Crippen molar-refractivity contribution in [3.63, 3.8) is 0 Å². The van der Waals surface area contributed by atoms with Gasteiger partial charge < -0.3 is 9.47 Å². The van der Waals surface area contributed by atoms with Gasteiger partial charge >= 0.3 is 5.97 Å². The van der Waals surface area contributed by atoms with E-state index in [0.29, 0.717) is 11.1 Å². The third-order valence-electron chi connectivity index (χ3n) is 10.1. The molecule has 4 bridgehead atoms. The maximum Gasteiger partial charge on any atom is 0.338 e. The van der Waals surface area contributed by atoms with E-state index in [0.717, 1.165) is 39.8 Å². The number of methoxy groups -OCH3 is 1. The van der Waals surface area contributed by atoms with E-state index in [2.05, 4.69) is 36.4 Å². The van der Waals surface area contributed by atoms with Crippen molar-refractivity contribution in [3.05, 3.63) is 113 Å². The number of hydrogen-bond acceptors (Lipinski definition) is 4. The summed E-state index contributed by atoms with van der Waals surface area (Å²) in [6.45, 7) is 1.97. The average Bonchev–Trinajstić information content (AvgIpc) is 3.02. The zero-order chi connectivity index (χ0) is 29.6. The van der Waals surface area contributed by atoms with Gasteiger partial charge in [-0.3, -0.25) is 4.79 Å². The number of rotatable bonds is 8. The summed E-state index contributed by atoms with van der Waals surface area (Å²) in [5, 5.41) is 2.09. The van der Waals surface area contributed by atoms with E-state index in [-0.39, 0.29) is 23.8 Å². The highest BCUT2D eigenvalue weighted by Gasteiger charge is 2.52. The lowest BCUT2D eigenvalue weighted by Crippen LogP contribution is -2.48. The molecule has 0 radical (unpaired) electrons. The minimum absolute atomic E-state index is 0.0413. The molecule has 4 aromatic carbocycles. The fourth-order valence-electron chi connectivity index (χ4n) is 8.54. The molecule has 0 saturated heterocycles. The second-order valence-corrected chi connectivity index (χ2v) is 13.0. The normalized spacial score (nSPS) is 24.0. The third-order valence-corrected chi connectivity index (χ3v) is 10.1. The van der Waals surface area contributed by atoms with Crippen molar-refractivity contribution >= 4 is 22.5 Å². The summed E-state index contributed by atoms with van der Waals surface area (Å²) < 4.78 is 11.5. The summed E-state index contributed by atoms with van der Waals surface area (Å²) in [4.78, 5) is 24.9. The molecule has 0 aromatic heterocycles. The van der Waals surface area contributed by atoms with Crippen molar-refractivity contribution in [1.82, 2.24) is 0 Å². The topological polar surface area (TPSA) is 52.6 Å². The van der Waals surface area contributed by atoms with E-state index in [1.54, 1.807) is 18.2 Å². The van der Waals surface area contributed by atoms with Gasteiger partial charge in [0.05, 0.1) is 12.7 Å². The van der Waals surface area contributed by atoms with E-state index >= 15 is 0 Å². The van der Waals surface area contributed by atoms with Gasteiger partial charge in [-0.15, -0.1) is 0 Å². The van der Waals surface area contributed by atoms with Gasteiger partial charge in [0, 0.05) is 11.1 Å². The molecule has 0 aliphatic heterocycles. The molecule has 4 saturated carbocycles. The lowest BCUT2D eigenvalue weighted by molar-refractivity contribution is -0.00613. The summed E-state index contributed by atoms with van der Waals surface area (Å²) in [6, 6.07) is 26.1. The number of carbonyl (C=O) groups is 2. The van der Waals surface area contributed by atoms with Crippen LogP contribution in [0.15, 0.2) is 91.0 Å². The van der Waals surface area contributed by atoms with Gasteiger partial charge in [-0.25, -0.2) is 4.79 Å². The first kappa shape index (κ1) is 27.6. The number of ketones is 1. The van der Waals surface area contributed by atoms with Gasteiger partial charge in [0.2, 0.25) is 0 Å². The zero-order valence-corrected chi connectivity index (χ0v) is 25.0. The van der Waals surface area contributed by atoms with Crippen LogP contribution in [0.5, 0.6) is 5.75 Å². The molecular weight excluding hydrogens is 532 g/mol. The second kappa shape index (κ2) is 11.1. The van der Waals surface area contributed by atoms with Crippen LogP contribution in [-0.4, -0.2) is 18.9 Å². The zero-order valence-electron chi connectivity index (χ0n) is 25.0. The van der Waals surface area contributed by atoms with Crippen LogP contribution in [0, 0.1) is 17.8 Å². The predicted molar refractivity (Wildman–Crippen MR) is 170 cm³/mol. The lowest BCUT2D eigenvalue weighted by Gasteiger charge is -2.57. The van der Waals surface area contributed by atoms with Gasteiger partial charge in [0.1, 0.15) is 12.4 Å². The predicted octanol–water partition coefficient (Wildman–Crippen LogP) is 9.10. The average molecular weight is 571 g/mol. The first-order chi connectivity index (χ1) is 20.9. The fourth-order valence-corrected chi connectivity index (χ4v) is 8.54. The number of benzene rings is 4. The molecule has 0 unspecified atom stereocenters. The molecule has 0 N–H and O–H groups in total. The minimum atomic E-state index is -0.365. The molecule has 0 spiro atoms. The number of esters is 1. The molecular formula is C39H38O4. The molecule has 4 aliphatic rings. The minimum Gasteiger partial charge on any atom is -0.496 e. The summed E-state index contributed by atoms with van der Waals surface area (Å²) in [5.74, 6) is 3.25. The molecule has 218 valence electrons. The number of allylic oxidation sites excluding steroid dienone is 2. The number of carbonyl (C=O) groups excluding carboxylic acids is 2. The van der Waals surface area contributed by atoms with Gasteiger partial charge in [-0.1, -0.05) is 54.6 Å². The summed E-state index contributed by atoms with van der Waals surface area (Å²) >= 11 is 0. The van der Waals surface area contributed by atoms with Crippen LogP contribution in [0.25, 0.3) is 21.9 Å². The van der Waals surface area contributed by atoms with Crippen molar-refractivity contribution in [2.24, 2.45) is 17.8 Å². The molecule has 0 atom stereocenters. The quantitative estimate of drug-likeness (QED) is 0.120. The molecule has 8 rings (SSSR count). The Hall–Kier alpha value is -4.18. The number of hydrogen-bond donors (Lipinski definition) is 0. The van der Waals surface area contributed by atoms with Crippen molar-refractivity contribution < 1.29 is 19.1 Å². The molecule has 43 heavy (non-hydrogen) atoms. The van der Waals surface area contributed by atoms with Gasteiger partial charge in [0.25, 0.3) is 0 Å². The van der Waals surface area contributed by atoms with Crippen LogP contribution in [0.3, 0.4) is 0 Å². The highest BCUT2D eigenvalue weighted by Crippen LogP contribution is 2.62.